The zero-order valence-electron chi connectivity index (χ0n) is 8.47. The fourth-order valence-corrected chi connectivity index (χ4v) is 1.56. The highest BCUT2D eigenvalue weighted by Crippen LogP contribution is 2.24. The van der Waals surface area contributed by atoms with E-state index in [2.05, 4.69) is 40.7 Å². The lowest BCUT2D eigenvalue weighted by Gasteiger charge is -2.11. The minimum atomic E-state index is 0.810. The number of hydrogen-bond donors (Lipinski definition) is 0. The Hall–Kier alpha value is -1.09. The second kappa shape index (κ2) is 3.96. The van der Waals surface area contributed by atoms with Gasteiger partial charge in [0.1, 0.15) is 10.4 Å². The van der Waals surface area contributed by atoms with E-state index in [1.165, 1.54) is 0 Å². The summed E-state index contributed by atoms with van der Waals surface area (Å²) < 4.78 is 2.76. The van der Waals surface area contributed by atoms with Crippen molar-refractivity contribution in [3.05, 3.63) is 41.9 Å². The topological polar surface area (TPSA) is 17.8 Å². The van der Waals surface area contributed by atoms with Crippen molar-refractivity contribution in [2.24, 2.45) is 0 Å². The van der Waals surface area contributed by atoms with E-state index in [-0.39, 0.29) is 0 Å². The van der Waals surface area contributed by atoms with E-state index in [4.69, 9.17) is 0 Å². The van der Waals surface area contributed by atoms with Gasteiger partial charge in [0.2, 0.25) is 0 Å². The van der Waals surface area contributed by atoms with E-state index in [9.17, 15) is 0 Å². The van der Waals surface area contributed by atoms with Crippen LogP contribution in [0.15, 0.2) is 36.1 Å². The lowest BCUT2D eigenvalue weighted by molar-refractivity contribution is 1.02. The molecule has 0 atom stereocenters. The van der Waals surface area contributed by atoms with Crippen LogP contribution in [-0.2, 0) is 0 Å². The molecular formula is C11H13BrN2. The Labute approximate surface area is 92.8 Å². The molecule has 0 fully saturated rings. The molecule has 0 amide bonds. The van der Waals surface area contributed by atoms with Crippen LogP contribution in [0.1, 0.15) is 19.7 Å². The van der Waals surface area contributed by atoms with Gasteiger partial charge in [-0.1, -0.05) is 19.7 Å². The van der Waals surface area contributed by atoms with Crippen LogP contribution in [0.5, 0.6) is 0 Å². The van der Waals surface area contributed by atoms with Gasteiger partial charge in [0.25, 0.3) is 0 Å². The van der Waals surface area contributed by atoms with Crippen LogP contribution in [0.3, 0.4) is 0 Å². The molecule has 1 rings (SSSR count). The van der Waals surface area contributed by atoms with E-state index in [0.29, 0.717) is 0 Å². The number of nitrogens with zero attached hydrogens (tertiary/aromatic N) is 2. The quantitative estimate of drug-likeness (QED) is 0.750. The van der Waals surface area contributed by atoms with Crippen molar-refractivity contribution in [3.8, 4) is 0 Å². The maximum atomic E-state index is 4.23. The van der Waals surface area contributed by atoms with Crippen molar-refractivity contribution >= 4 is 27.2 Å². The molecule has 14 heavy (non-hydrogen) atoms. The molecule has 0 aliphatic heterocycles. The molecule has 0 N–H and O–H groups in total. The van der Waals surface area contributed by atoms with Crippen molar-refractivity contribution in [1.82, 2.24) is 9.55 Å². The van der Waals surface area contributed by atoms with Crippen LogP contribution in [0.4, 0.5) is 0 Å². The molecular weight excluding hydrogens is 240 g/mol. The Kier molecular flexibility index (Phi) is 3.11. The van der Waals surface area contributed by atoms with Crippen LogP contribution in [0.2, 0.25) is 0 Å². The summed E-state index contributed by atoms with van der Waals surface area (Å²) in [6.07, 6.45) is 1.73. The van der Waals surface area contributed by atoms with Gasteiger partial charge in [-0.15, -0.1) is 0 Å². The molecule has 1 aromatic heterocycles. The summed E-state index contributed by atoms with van der Waals surface area (Å²) in [6, 6.07) is 0. The van der Waals surface area contributed by atoms with Crippen molar-refractivity contribution in [2.75, 3.05) is 0 Å². The molecule has 0 aromatic carbocycles. The molecule has 1 aromatic rings. The Balaban J connectivity index is 3.31. The van der Waals surface area contributed by atoms with Gasteiger partial charge >= 0.3 is 0 Å². The largest absolute Gasteiger partial charge is 0.287 e. The number of halogens is 1. The summed E-state index contributed by atoms with van der Waals surface area (Å²) in [5, 5.41) is 0. The number of imidazole rings is 1. The molecule has 0 saturated carbocycles. The van der Waals surface area contributed by atoms with Crippen LogP contribution in [-0.4, -0.2) is 9.55 Å². The van der Waals surface area contributed by atoms with E-state index in [1.807, 2.05) is 18.4 Å². The predicted octanol–water partition coefficient (Wildman–Crippen LogP) is 3.73. The first-order valence-corrected chi connectivity index (χ1v) is 4.98. The summed E-state index contributed by atoms with van der Waals surface area (Å²) in [5.41, 5.74) is 2.64. The maximum Gasteiger partial charge on any atom is 0.140 e. The summed E-state index contributed by atoms with van der Waals surface area (Å²) >= 11 is 3.41. The first kappa shape index (κ1) is 11.0. The normalized spacial score (nSPS) is 9.93. The van der Waals surface area contributed by atoms with E-state index >= 15 is 0 Å². The summed E-state index contributed by atoms with van der Waals surface area (Å²) in [5.74, 6) is 0.810. The van der Waals surface area contributed by atoms with Gasteiger partial charge in [-0.25, -0.2) is 4.98 Å². The summed E-state index contributed by atoms with van der Waals surface area (Å²) in [6.45, 7) is 15.5. The minimum Gasteiger partial charge on any atom is -0.287 e. The van der Waals surface area contributed by atoms with Crippen LogP contribution in [0, 0.1) is 0 Å². The fourth-order valence-electron chi connectivity index (χ4n) is 1.08. The molecule has 3 heteroatoms. The Morgan fingerprint density at radius 2 is 1.93 bits per heavy atom. The molecule has 0 unspecified atom stereocenters. The third-order valence-corrected chi connectivity index (χ3v) is 2.42. The highest BCUT2D eigenvalue weighted by Gasteiger charge is 2.11. The van der Waals surface area contributed by atoms with Gasteiger partial charge in [-0.05, 0) is 40.9 Å². The zero-order chi connectivity index (χ0) is 10.9. The predicted molar refractivity (Wildman–Crippen MR) is 64.8 cm³/mol. The smallest absolute Gasteiger partial charge is 0.140 e. The fraction of sp³-hybridized carbons (Fsp3) is 0.182. The number of allylic oxidation sites excluding steroid dienone is 3. The second-order valence-electron chi connectivity index (χ2n) is 3.25. The molecule has 0 aliphatic rings. The standard InChI is InChI=1S/C11H13BrN2/c1-7(2)9(5)14-10(12)6-13-11(14)8(3)4/h6H,1,3,5H2,2,4H3. The average molecular weight is 253 g/mol. The van der Waals surface area contributed by atoms with Gasteiger partial charge in [0.15, 0.2) is 0 Å². The minimum absolute atomic E-state index is 0.810. The van der Waals surface area contributed by atoms with E-state index < -0.39 is 0 Å². The highest BCUT2D eigenvalue weighted by molar-refractivity contribution is 9.10. The van der Waals surface area contributed by atoms with Crippen LogP contribution >= 0.6 is 15.9 Å². The Morgan fingerprint density at radius 1 is 1.36 bits per heavy atom. The average Bonchev–Trinajstić information content (AvgIpc) is 2.45. The van der Waals surface area contributed by atoms with Crippen LogP contribution < -0.4 is 0 Å². The number of rotatable bonds is 3. The summed E-state index contributed by atoms with van der Waals surface area (Å²) in [4.78, 5) is 4.23. The number of hydrogen-bond acceptors (Lipinski definition) is 1. The van der Waals surface area contributed by atoms with Gasteiger partial charge in [-0.2, -0.15) is 0 Å². The number of aromatic nitrogens is 2. The molecule has 74 valence electrons. The maximum absolute atomic E-state index is 4.23. The van der Waals surface area contributed by atoms with Crippen molar-refractivity contribution in [1.29, 1.82) is 0 Å². The molecule has 0 aliphatic carbocycles. The molecule has 1 heterocycles. The second-order valence-corrected chi connectivity index (χ2v) is 4.06. The molecule has 0 bridgehead atoms. The molecule has 0 radical (unpaired) electrons. The van der Waals surface area contributed by atoms with E-state index in [0.717, 1.165) is 27.3 Å². The lowest BCUT2D eigenvalue weighted by Crippen LogP contribution is -2.01. The first-order valence-electron chi connectivity index (χ1n) is 4.19. The summed E-state index contributed by atoms with van der Waals surface area (Å²) in [7, 11) is 0. The van der Waals surface area contributed by atoms with Crippen molar-refractivity contribution in [3.63, 3.8) is 0 Å². The third kappa shape index (κ3) is 1.87. The molecule has 0 spiro atoms. The molecule has 2 nitrogen and oxygen atoms in total. The third-order valence-electron chi connectivity index (χ3n) is 1.86. The highest BCUT2D eigenvalue weighted by atomic mass is 79.9. The van der Waals surface area contributed by atoms with Crippen LogP contribution in [0.25, 0.3) is 11.3 Å². The Bertz CT molecular complexity index is 413. The lowest BCUT2D eigenvalue weighted by atomic mass is 10.2. The van der Waals surface area contributed by atoms with Gasteiger partial charge < -0.3 is 0 Å². The monoisotopic (exact) mass is 252 g/mol. The van der Waals surface area contributed by atoms with Gasteiger partial charge in [0, 0.05) is 5.70 Å². The molecule has 0 saturated heterocycles. The Morgan fingerprint density at radius 3 is 2.36 bits per heavy atom. The SMILES string of the molecule is C=C(C)C(=C)n1c(Br)cnc1C(=C)C. The zero-order valence-corrected chi connectivity index (χ0v) is 10.1. The van der Waals surface area contributed by atoms with E-state index in [1.54, 1.807) is 6.20 Å². The van der Waals surface area contributed by atoms with Crippen molar-refractivity contribution in [2.45, 2.75) is 13.8 Å². The van der Waals surface area contributed by atoms with Gasteiger partial charge in [0.05, 0.1) is 6.20 Å². The van der Waals surface area contributed by atoms with Crippen molar-refractivity contribution < 1.29 is 0 Å². The first-order chi connectivity index (χ1) is 6.45. The van der Waals surface area contributed by atoms with Gasteiger partial charge in [-0.3, -0.25) is 4.57 Å².